The maximum Gasteiger partial charge on any atom is 0.223 e. The van der Waals surface area contributed by atoms with Crippen molar-refractivity contribution >= 4 is 5.91 Å². The van der Waals surface area contributed by atoms with Crippen LogP contribution in [0, 0.1) is 5.92 Å². The Balaban J connectivity index is 1.45. The summed E-state index contributed by atoms with van der Waals surface area (Å²) in [4.78, 5) is 14.8. The minimum atomic E-state index is 0.227. The number of nitrogens with one attached hydrogen (secondary N) is 1. The van der Waals surface area contributed by atoms with E-state index in [0.717, 1.165) is 38.3 Å². The number of hydrogen-bond acceptors (Lipinski definition) is 2. The molecule has 19 heavy (non-hydrogen) atoms. The Morgan fingerprint density at radius 2 is 1.95 bits per heavy atom. The van der Waals surface area contributed by atoms with E-state index >= 15 is 0 Å². The van der Waals surface area contributed by atoms with Crippen LogP contribution >= 0.6 is 0 Å². The molecule has 0 aromatic rings. The molecule has 2 atom stereocenters. The first-order valence-electron chi connectivity index (χ1n) is 8.02. The molecule has 1 N–H and O–H groups in total. The lowest BCUT2D eigenvalue weighted by molar-refractivity contribution is -0.125. The lowest BCUT2D eigenvalue weighted by Gasteiger charge is -2.24. The van der Waals surface area contributed by atoms with E-state index in [2.05, 4.69) is 22.4 Å². The molecule has 1 aliphatic heterocycles. The van der Waals surface area contributed by atoms with Crippen LogP contribution in [0.25, 0.3) is 0 Å². The van der Waals surface area contributed by atoms with Crippen molar-refractivity contribution < 1.29 is 4.79 Å². The molecule has 1 amide bonds. The molecule has 2 aliphatic carbocycles. The second-order valence-corrected chi connectivity index (χ2v) is 6.41. The van der Waals surface area contributed by atoms with Gasteiger partial charge in [-0.25, -0.2) is 0 Å². The van der Waals surface area contributed by atoms with Crippen molar-refractivity contribution in [2.75, 3.05) is 13.1 Å². The van der Waals surface area contributed by atoms with Crippen molar-refractivity contribution in [3.63, 3.8) is 0 Å². The van der Waals surface area contributed by atoms with Crippen LogP contribution in [0.2, 0.25) is 0 Å². The summed E-state index contributed by atoms with van der Waals surface area (Å²) in [6, 6.07) is 1.21. The third kappa shape index (κ3) is 3.19. The largest absolute Gasteiger partial charge is 0.352 e. The first-order chi connectivity index (χ1) is 9.33. The highest BCUT2D eigenvalue weighted by Gasteiger charge is 2.31. The van der Waals surface area contributed by atoms with Gasteiger partial charge in [0.25, 0.3) is 0 Å². The number of hydrogen-bond donors (Lipinski definition) is 1. The molecule has 106 valence electrons. The highest BCUT2D eigenvalue weighted by molar-refractivity contribution is 5.79. The van der Waals surface area contributed by atoms with Crippen molar-refractivity contribution in [1.29, 1.82) is 0 Å². The van der Waals surface area contributed by atoms with E-state index in [0.29, 0.717) is 11.9 Å². The Hall–Kier alpha value is -0.830. The molecular formula is C16H26N2O. The van der Waals surface area contributed by atoms with Crippen molar-refractivity contribution in [3.05, 3.63) is 12.2 Å². The van der Waals surface area contributed by atoms with E-state index in [1.807, 2.05) is 0 Å². The first kappa shape index (κ1) is 13.2. The Bertz CT molecular complexity index is 347. The smallest absolute Gasteiger partial charge is 0.223 e. The van der Waals surface area contributed by atoms with Crippen molar-refractivity contribution in [3.8, 4) is 0 Å². The molecule has 3 rings (SSSR count). The SMILES string of the molecule is O=C(NC1CCN(C2CCCC2)C1)C1CC=CCC1. The van der Waals surface area contributed by atoms with Gasteiger partial charge in [0.1, 0.15) is 0 Å². The summed E-state index contributed by atoms with van der Waals surface area (Å²) >= 11 is 0. The van der Waals surface area contributed by atoms with Crippen LogP contribution in [0.5, 0.6) is 0 Å². The monoisotopic (exact) mass is 262 g/mol. The number of carbonyl (C=O) groups excluding carboxylic acids is 1. The Kier molecular flexibility index (Phi) is 4.21. The van der Waals surface area contributed by atoms with Crippen LogP contribution in [-0.4, -0.2) is 36.0 Å². The third-order valence-electron chi connectivity index (χ3n) is 5.05. The molecule has 2 fully saturated rings. The standard InChI is InChI=1S/C16H26N2O/c19-16(13-6-2-1-3-7-13)17-14-10-11-18(12-14)15-8-4-5-9-15/h1-2,13-15H,3-12H2,(H,17,19). The maximum absolute atomic E-state index is 12.2. The van der Waals surface area contributed by atoms with Crippen molar-refractivity contribution in [1.82, 2.24) is 10.2 Å². The van der Waals surface area contributed by atoms with Crippen LogP contribution in [0.3, 0.4) is 0 Å². The highest BCUT2D eigenvalue weighted by atomic mass is 16.1. The zero-order chi connectivity index (χ0) is 13.1. The zero-order valence-corrected chi connectivity index (χ0v) is 11.8. The minimum Gasteiger partial charge on any atom is -0.352 e. The van der Waals surface area contributed by atoms with Gasteiger partial charge in [-0.3, -0.25) is 9.69 Å². The third-order valence-corrected chi connectivity index (χ3v) is 5.05. The van der Waals surface area contributed by atoms with E-state index in [9.17, 15) is 4.79 Å². The fourth-order valence-electron chi connectivity index (χ4n) is 3.86. The molecule has 1 heterocycles. The Labute approximate surface area is 116 Å². The van der Waals surface area contributed by atoms with E-state index in [1.54, 1.807) is 0 Å². The number of nitrogens with zero attached hydrogens (tertiary/aromatic N) is 1. The van der Waals surface area contributed by atoms with E-state index < -0.39 is 0 Å². The molecule has 1 saturated carbocycles. The van der Waals surface area contributed by atoms with Gasteiger partial charge in [-0.05, 0) is 38.5 Å². The summed E-state index contributed by atoms with van der Waals surface area (Å²) in [5.74, 6) is 0.521. The summed E-state index contributed by atoms with van der Waals surface area (Å²) in [5.41, 5.74) is 0. The number of rotatable bonds is 3. The molecule has 3 nitrogen and oxygen atoms in total. The summed E-state index contributed by atoms with van der Waals surface area (Å²) in [7, 11) is 0. The van der Waals surface area contributed by atoms with E-state index in [1.165, 1.54) is 32.2 Å². The topological polar surface area (TPSA) is 32.3 Å². The first-order valence-corrected chi connectivity index (χ1v) is 8.02. The molecule has 3 heteroatoms. The van der Waals surface area contributed by atoms with Gasteiger partial charge in [-0.1, -0.05) is 25.0 Å². The van der Waals surface area contributed by atoms with Gasteiger partial charge in [0.05, 0.1) is 0 Å². The highest BCUT2D eigenvalue weighted by Crippen LogP contribution is 2.27. The van der Waals surface area contributed by atoms with Crippen molar-refractivity contribution in [2.24, 2.45) is 5.92 Å². The molecule has 2 unspecified atom stereocenters. The van der Waals surface area contributed by atoms with Gasteiger partial charge in [0.2, 0.25) is 5.91 Å². The van der Waals surface area contributed by atoms with Gasteiger partial charge < -0.3 is 5.32 Å². The number of likely N-dealkylation sites (tertiary alicyclic amines) is 1. The molecule has 0 radical (unpaired) electrons. The maximum atomic E-state index is 12.2. The lowest BCUT2D eigenvalue weighted by atomic mass is 9.93. The van der Waals surface area contributed by atoms with Crippen LogP contribution in [0.15, 0.2) is 12.2 Å². The predicted molar refractivity (Wildman–Crippen MR) is 76.9 cm³/mol. The molecule has 0 spiro atoms. The second kappa shape index (κ2) is 6.08. The fraction of sp³-hybridized carbons (Fsp3) is 0.812. The van der Waals surface area contributed by atoms with E-state index in [4.69, 9.17) is 0 Å². The van der Waals surface area contributed by atoms with Gasteiger partial charge in [0, 0.05) is 31.1 Å². The molecular weight excluding hydrogens is 236 g/mol. The summed E-state index contributed by atoms with van der Waals surface area (Å²) in [6.45, 7) is 2.26. The average molecular weight is 262 g/mol. The molecule has 3 aliphatic rings. The molecule has 0 aromatic carbocycles. The second-order valence-electron chi connectivity index (χ2n) is 6.41. The Morgan fingerprint density at radius 1 is 1.11 bits per heavy atom. The van der Waals surface area contributed by atoms with Gasteiger partial charge in [-0.15, -0.1) is 0 Å². The van der Waals surface area contributed by atoms with Gasteiger partial charge in [-0.2, -0.15) is 0 Å². The normalized spacial score (nSPS) is 32.8. The van der Waals surface area contributed by atoms with Crippen molar-refractivity contribution in [2.45, 2.75) is 63.5 Å². The predicted octanol–water partition coefficient (Wildman–Crippen LogP) is 2.48. The lowest BCUT2D eigenvalue weighted by Crippen LogP contribution is -2.42. The van der Waals surface area contributed by atoms with Crippen LogP contribution in [0.1, 0.15) is 51.4 Å². The van der Waals surface area contributed by atoms with Crippen LogP contribution in [0.4, 0.5) is 0 Å². The minimum absolute atomic E-state index is 0.227. The number of carbonyl (C=O) groups is 1. The fourth-order valence-corrected chi connectivity index (χ4v) is 3.86. The van der Waals surface area contributed by atoms with E-state index in [-0.39, 0.29) is 5.92 Å². The summed E-state index contributed by atoms with van der Waals surface area (Å²) in [5, 5.41) is 3.29. The summed E-state index contributed by atoms with van der Waals surface area (Å²) < 4.78 is 0. The quantitative estimate of drug-likeness (QED) is 0.793. The molecule has 0 bridgehead atoms. The molecule has 1 saturated heterocycles. The van der Waals surface area contributed by atoms with Gasteiger partial charge in [0.15, 0.2) is 0 Å². The Morgan fingerprint density at radius 3 is 2.68 bits per heavy atom. The molecule has 0 aromatic heterocycles. The zero-order valence-electron chi connectivity index (χ0n) is 11.8. The average Bonchev–Trinajstić information content (AvgIpc) is 3.10. The number of amides is 1. The van der Waals surface area contributed by atoms with Gasteiger partial charge >= 0.3 is 0 Å². The summed E-state index contributed by atoms with van der Waals surface area (Å²) in [6.07, 6.45) is 14.1. The number of allylic oxidation sites excluding steroid dienone is 2. The van der Waals surface area contributed by atoms with Crippen LogP contribution in [-0.2, 0) is 4.79 Å². The van der Waals surface area contributed by atoms with Crippen LogP contribution < -0.4 is 5.32 Å².